The Labute approximate surface area is 165 Å². The summed E-state index contributed by atoms with van der Waals surface area (Å²) in [5, 5.41) is 0.940. The van der Waals surface area contributed by atoms with Crippen molar-refractivity contribution in [2.75, 3.05) is 30.6 Å². The zero-order chi connectivity index (χ0) is 17.5. The molecule has 0 aromatic heterocycles. The van der Waals surface area contributed by atoms with E-state index in [1.54, 1.807) is 29.2 Å². The van der Waals surface area contributed by atoms with Crippen LogP contribution in [0.25, 0.3) is 6.08 Å². The Morgan fingerprint density at radius 2 is 2.00 bits per heavy atom. The molecule has 1 aromatic carbocycles. The summed E-state index contributed by atoms with van der Waals surface area (Å²) in [6.45, 7) is 2.40. The van der Waals surface area contributed by atoms with Crippen LogP contribution in [0, 0.1) is 0 Å². The second kappa shape index (κ2) is 9.63. The third kappa shape index (κ3) is 5.63. The van der Waals surface area contributed by atoms with Crippen LogP contribution in [0.3, 0.4) is 0 Å². The number of nitrogens with zero attached hydrogens (tertiary/aromatic N) is 2. The molecule has 4 nitrogen and oxygen atoms in total. The van der Waals surface area contributed by atoms with Crippen LogP contribution in [0.2, 0.25) is 10.0 Å². The van der Waals surface area contributed by atoms with Crippen molar-refractivity contribution in [1.82, 2.24) is 9.80 Å². The number of hydrogen-bond donors (Lipinski definition) is 0. The second-order valence-corrected chi connectivity index (χ2v) is 7.40. The van der Waals surface area contributed by atoms with Crippen molar-refractivity contribution in [3.63, 3.8) is 0 Å². The quantitative estimate of drug-likeness (QED) is 0.364. The van der Waals surface area contributed by atoms with Gasteiger partial charge >= 0.3 is 0 Å². The summed E-state index contributed by atoms with van der Waals surface area (Å²) in [5.41, 5.74) is 0.812. The maximum Gasteiger partial charge on any atom is 0.246 e. The third-order valence-corrected chi connectivity index (χ3v) is 5.33. The van der Waals surface area contributed by atoms with Gasteiger partial charge in [-0.1, -0.05) is 51.9 Å². The van der Waals surface area contributed by atoms with Crippen LogP contribution < -0.4 is 0 Å². The minimum Gasteiger partial charge on any atom is -0.341 e. The Bertz CT molecular complexity index is 637. The van der Waals surface area contributed by atoms with Gasteiger partial charge in [-0.25, -0.2) is 0 Å². The van der Waals surface area contributed by atoms with Crippen molar-refractivity contribution < 1.29 is 9.59 Å². The molecule has 1 saturated heterocycles. The van der Waals surface area contributed by atoms with Crippen LogP contribution >= 0.6 is 45.8 Å². The van der Waals surface area contributed by atoms with Gasteiger partial charge in [-0.05, 0) is 30.2 Å². The molecular weight excluding hydrogens is 462 g/mol. The van der Waals surface area contributed by atoms with E-state index in [0.717, 1.165) is 23.0 Å². The number of halogens is 3. The molecule has 130 valence electrons. The summed E-state index contributed by atoms with van der Waals surface area (Å²) in [5.74, 6) is 0.0354. The largest absolute Gasteiger partial charge is 0.341 e. The Kier molecular flexibility index (Phi) is 7.84. The van der Waals surface area contributed by atoms with Crippen molar-refractivity contribution in [3.8, 4) is 0 Å². The van der Waals surface area contributed by atoms with Gasteiger partial charge in [-0.15, -0.1) is 0 Å². The standard InChI is InChI=1S/C17H19Cl2IN2O2/c18-14-4-2-13(12-15(14)19)3-5-16(23)22-9-6-17(24)21(10-11-22)8-1-7-20/h2-5,12H,1,6-11H2. The molecule has 0 unspecified atom stereocenters. The van der Waals surface area contributed by atoms with Crippen LogP contribution in [0.1, 0.15) is 18.4 Å². The highest BCUT2D eigenvalue weighted by atomic mass is 127. The number of carbonyl (C=O) groups excluding carboxylic acids is 2. The van der Waals surface area contributed by atoms with Crippen molar-refractivity contribution in [2.24, 2.45) is 0 Å². The highest BCUT2D eigenvalue weighted by Gasteiger charge is 2.22. The van der Waals surface area contributed by atoms with Crippen LogP contribution in [0.15, 0.2) is 24.3 Å². The van der Waals surface area contributed by atoms with Gasteiger partial charge in [0, 0.05) is 43.1 Å². The Balaban J connectivity index is 1.95. The fourth-order valence-electron chi connectivity index (χ4n) is 2.46. The predicted octanol–water partition coefficient (Wildman–Crippen LogP) is 3.89. The van der Waals surface area contributed by atoms with Gasteiger partial charge in [0.25, 0.3) is 0 Å². The number of benzene rings is 1. The van der Waals surface area contributed by atoms with Crippen LogP contribution in [-0.2, 0) is 9.59 Å². The van der Waals surface area contributed by atoms with Crippen molar-refractivity contribution >= 4 is 63.7 Å². The van der Waals surface area contributed by atoms with Gasteiger partial charge in [0.05, 0.1) is 10.0 Å². The SMILES string of the molecule is O=C(C=Cc1ccc(Cl)c(Cl)c1)N1CCC(=O)N(CCCI)CC1. The molecule has 24 heavy (non-hydrogen) atoms. The first-order valence-electron chi connectivity index (χ1n) is 7.77. The zero-order valence-electron chi connectivity index (χ0n) is 13.2. The summed E-state index contributed by atoms with van der Waals surface area (Å²) >= 11 is 14.2. The average molecular weight is 481 g/mol. The fraction of sp³-hybridized carbons (Fsp3) is 0.412. The third-order valence-electron chi connectivity index (χ3n) is 3.82. The highest BCUT2D eigenvalue weighted by Crippen LogP contribution is 2.23. The van der Waals surface area contributed by atoms with Crippen LogP contribution in [-0.4, -0.2) is 52.2 Å². The summed E-state index contributed by atoms with van der Waals surface area (Å²) in [6, 6.07) is 5.21. The van der Waals surface area contributed by atoms with E-state index in [1.165, 1.54) is 6.08 Å². The summed E-state index contributed by atoms with van der Waals surface area (Å²) in [6.07, 6.45) is 4.60. The van der Waals surface area contributed by atoms with Gasteiger partial charge in [-0.2, -0.15) is 0 Å². The lowest BCUT2D eigenvalue weighted by atomic mass is 10.2. The number of amides is 2. The molecule has 2 amide bonds. The molecule has 0 bridgehead atoms. The Hall–Kier alpha value is -0.790. The molecular formula is C17H19Cl2IN2O2. The van der Waals surface area contributed by atoms with Gasteiger partial charge in [0.2, 0.25) is 11.8 Å². The van der Waals surface area contributed by atoms with Crippen molar-refractivity contribution in [2.45, 2.75) is 12.8 Å². The van der Waals surface area contributed by atoms with Gasteiger partial charge in [-0.3, -0.25) is 9.59 Å². The van der Waals surface area contributed by atoms with Crippen molar-refractivity contribution in [1.29, 1.82) is 0 Å². The van der Waals surface area contributed by atoms with Crippen LogP contribution in [0.5, 0.6) is 0 Å². The normalized spacial score (nSPS) is 15.9. The van der Waals surface area contributed by atoms with E-state index in [-0.39, 0.29) is 11.8 Å². The van der Waals surface area contributed by atoms with E-state index in [9.17, 15) is 9.59 Å². The summed E-state index contributed by atoms with van der Waals surface area (Å²) in [4.78, 5) is 28.0. The van der Waals surface area contributed by atoms with E-state index in [2.05, 4.69) is 22.6 Å². The molecule has 1 aliphatic heterocycles. The first-order chi connectivity index (χ1) is 11.5. The highest BCUT2D eigenvalue weighted by molar-refractivity contribution is 14.1. The first-order valence-corrected chi connectivity index (χ1v) is 10.0. The lowest BCUT2D eigenvalue weighted by Gasteiger charge is -2.21. The van der Waals surface area contributed by atoms with E-state index in [0.29, 0.717) is 36.1 Å². The number of hydrogen-bond acceptors (Lipinski definition) is 2. The maximum atomic E-state index is 12.4. The minimum absolute atomic E-state index is 0.0930. The Morgan fingerprint density at radius 3 is 2.71 bits per heavy atom. The molecule has 1 aliphatic rings. The molecule has 2 rings (SSSR count). The monoisotopic (exact) mass is 480 g/mol. The topological polar surface area (TPSA) is 40.6 Å². The van der Waals surface area contributed by atoms with E-state index in [4.69, 9.17) is 23.2 Å². The van der Waals surface area contributed by atoms with E-state index < -0.39 is 0 Å². The molecule has 1 heterocycles. The molecule has 0 saturated carbocycles. The number of alkyl halides is 1. The fourth-order valence-corrected chi connectivity index (χ4v) is 3.11. The maximum absolute atomic E-state index is 12.4. The van der Waals surface area contributed by atoms with Gasteiger partial charge in [0.1, 0.15) is 0 Å². The lowest BCUT2D eigenvalue weighted by Crippen LogP contribution is -2.35. The second-order valence-electron chi connectivity index (χ2n) is 5.51. The molecule has 0 atom stereocenters. The van der Waals surface area contributed by atoms with E-state index in [1.807, 2.05) is 4.90 Å². The van der Waals surface area contributed by atoms with Gasteiger partial charge in [0.15, 0.2) is 0 Å². The smallest absolute Gasteiger partial charge is 0.246 e. The van der Waals surface area contributed by atoms with E-state index >= 15 is 0 Å². The number of rotatable bonds is 5. The zero-order valence-corrected chi connectivity index (χ0v) is 16.9. The molecule has 1 fully saturated rings. The summed E-state index contributed by atoms with van der Waals surface area (Å²) < 4.78 is 1.02. The molecule has 0 N–H and O–H groups in total. The lowest BCUT2D eigenvalue weighted by molar-refractivity contribution is -0.130. The number of carbonyl (C=O) groups is 2. The molecule has 0 radical (unpaired) electrons. The average Bonchev–Trinajstić information content (AvgIpc) is 2.75. The molecule has 1 aromatic rings. The van der Waals surface area contributed by atoms with Crippen molar-refractivity contribution in [3.05, 3.63) is 39.9 Å². The summed E-state index contributed by atoms with van der Waals surface area (Å²) in [7, 11) is 0. The first kappa shape index (κ1) is 19.5. The predicted molar refractivity (Wildman–Crippen MR) is 107 cm³/mol. The Morgan fingerprint density at radius 1 is 1.21 bits per heavy atom. The minimum atomic E-state index is -0.0930. The molecule has 0 spiro atoms. The molecule has 0 aliphatic carbocycles. The van der Waals surface area contributed by atoms with Crippen LogP contribution in [0.4, 0.5) is 0 Å². The molecule has 7 heteroatoms. The van der Waals surface area contributed by atoms with Gasteiger partial charge < -0.3 is 9.80 Å².